The van der Waals surface area contributed by atoms with Gasteiger partial charge in [-0.05, 0) is 43.3 Å². The molecule has 0 bridgehead atoms. The molecule has 0 atom stereocenters. The molecular formula is C21H22F2N3O4+. The van der Waals surface area contributed by atoms with Gasteiger partial charge in [0.15, 0.2) is 23.8 Å². The van der Waals surface area contributed by atoms with Gasteiger partial charge < -0.3 is 24.6 Å². The van der Waals surface area contributed by atoms with Crippen LogP contribution in [0.1, 0.15) is 17.3 Å². The quantitative estimate of drug-likeness (QED) is 0.721. The Morgan fingerprint density at radius 1 is 1.07 bits per heavy atom. The molecule has 0 spiro atoms. The van der Waals surface area contributed by atoms with Gasteiger partial charge in [-0.15, -0.1) is 8.78 Å². The van der Waals surface area contributed by atoms with Gasteiger partial charge in [0.05, 0.1) is 26.2 Å². The van der Waals surface area contributed by atoms with E-state index >= 15 is 0 Å². The number of ketones is 1. The van der Waals surface area contributed by atoms with Crippen molar-refractivity contribution in [2.24, 2.45) is 0 Å². The number of amides is 1. The van der Waals surface area contributed by atoms with Gasteiger partial charge in [0, 0.05) is 23.0 Å². The Kier molecular flexibility index (Phi) is 5.29. The van der Waals surface area contributed by atoms with Crippen molar-refractivity contribution in [2.75, 3.05) is 42.9 Å². The number of carbonyl (C=O) groups is 2. The Balaban J connectivity index is 1.27. The number of hydrogen-bond acceptors (Lipinski definition) is 5. The summed E-state index contributed by atoms with van der Waals surface area (Å²) in [6, 6.07) is 11.7. The average Bonchev–Trinajstić information content (AvgIpc) is 3.01. The molecular weight excluding hydrogens is 396 g/mol. The highest BCUT2D eigenvalue weighted by atomic mass is 19.3. The summed E-state index contributed by atoms with van der Waals surface area (Å²) in [4.78, 5) is 27.1. The second-order valence-corrected chi connectivity index (χ2v) is 7.39. The Morgan fingerprint density at radius 3 is 2.40 bits per heavy atom. The van der Waals surface area contributed by atoms with Gasteiger partial charge in [-0.25, -0.2) is 0 Å². The third kappa shape index (κ3) is 4.51. The number of benzene rings is 2. The van der Waals surface area contributed by atoms with Crippen LogP contribution in [-0.2, 0) is 4.79 Å². The lowest BCUT2D eigenvalue weighted by atomic mass is 10.1. The lowest BCUT2D eigenvalue weighted by Gasteiger charge is -2.33. The molecule has 0 saturated carbocycles. The topological polar surface area (TPSA) is 72.3 Å². The molecule has 30 heavy (non-hydrogen) atoms. The fourth-order valence-electron chi connectivity index (χ4n) is 3.62. The third-order valence-electron chi connectivity index (χ3n) is 5.21. The van der Waals surface area contributed by atoms with Crippen LogP contribution in [0.5, 0.6) is 11.5 Å². The molecule has 2 heterocycles. The molecule has 0 unspecified atom stereocenters. The van der Waals surface area contributed by atoms with E-state index in [4.69, 9.17) is 0 Å². The van der Waals surface area contributed by atoms with Crippen LogP contribution in [0.3, 0.4) is 0 Å². The first-order chi connectivity index (χ1) is 14.3. The van der Waals surface area contributed by atoms with Crippen LogP contribution in [0, 0.1) is 0 Å². The van der Waals surface area contributed by atoms with Gasteiger partial charge in [0.2, 0.25) is 0 Å². The van der Waals surface area contributed by atoms with E-state index in [1.54, 1.807) is 6.92 Å². The Morgan fingerprint density at radius 2 is 1.73 bits per heavy atom. The second kappa shape index (κ2) is 7.91. The highest BCUT2D eigenvalue weighted by Crippen LogP contribution is 2.42. The predicted molar refractivity (Wildman–Crippen MR) is 105 cm³/mol. The number of alkyl halides is 2. The van der Waals surface area contributed by atoms with E-state index in [0.29, 0.717) is 11.3 Å². The van der Waals surface area contributed by atoms with E-state index in [-0.39, 0.29) is 29.7 Å². The molecule has 0 aliphatic carbocycles. The number of anilines is 2. The van der Waals surface area contributed by atoms with Crippen molar-refractivity contribution in [1.29, 1.82) is 0 Å². The van der Waals surface area contributed by atoms with E-state index in [2.05, 4.69) is 19.7 Å². The lowest BCUT2D eigenvalue weighted by molar-refractivity contribution is -0.892. The van der Waals surface area contributed by atoms with E-state index in [1.807, 2.05) is 24.3 Å². The van der Waals surface area contributed by atoms with Crippen molar-refractivity contribution in [3.05, 3.63) is 48.0 Å². The van der Waals surface area contributed by atoms with Crippen LogP contribution in [0.15, 0.2) is 42.5 Å². The minimum Gasteiger partial charge on any atom is -0.395 e. The fraction of sp³-hybridized carbons (Fsp3) is 0.333. The van der Waals surface area contributed by atoms with Gasteiger partial charge >= 0.3 is 6.29 Å². The number of Topliss-reactive ketones (excluding diaryl/α,β-unsaturated/α-hetero) is 1. The summed E-state index contributed by atoms with van der Waals surface area (Å²) in [5, 5.41) is 2.72. The summed E-state index contributed by atoms with van der Waals surface area (Å²) in [5.74, 6) is -0.321. The number of halogens is 2. The summed E-state index contributed by atoms with van der Waals surface area (Å²) >= 11 is 0. The standard InChI is InChI=1S/C21H21F2N3O4/c1-14(27)15-2-5-17(6-3-15)26-10-8-25(9-11-26)13-20(28)24-16-4-7-18-19(12-16)30-21(22,23)29-18/h2-7,12H,8-11,13H2,1H3,(H,24,28)/p+1. The minimum absolute atomic E-state index is 0.0398. The zero-order chi connectivity index (χ0) is 21.3. The fourth-order valence-corrected chi connectivity index (χ4v) is 3.62. The molecule has 9 heteroatoms. The maximum absolute atomic E-state index is 13.1. The Hall–Kier alpha value is -3.20. The van der Waals surface area contributed by atoms with Crippen molar-refractivity contribution in [1.82, 2.24) is 0 Å². The zero-order valence-corrected chi connectivity index (χ0v) is 16.4. The number of piperazine rings is 1. The van der Waals surface area contributed by atoms with Crippen molar-refractivity contribution in [3.63, 3.8) is 0 Å². The number of fused-ring (bicyclic) bond motifs is 1. The highest BCUT2D eigenvalue weighted by molar-refractivity contribution is 5.94. The van der Waals surface area contributed by atoms with Crippen LogP contribution < -0.4 is 24.6 Å². The number of carbonyl (C=O) groups excluding carboxylic acids is 2. The molecule has 1 amide bonds. The summed E-state index contributed by atoms with van der Waals surface area (Å²) in [7, 11) is 0. The number of hydrogen-bond donors (Lipinski definition) is 2. The number of ether oxygens (including phenoxy) is 2. The van der Waals surface area contributed by atoms with Gasteiger partial charge in [-0.3, -0.25) is 9.59 Å². The first-order valence-corrected chi connectivity index (χ1v) is 9.68. The summed E-state index contributed by atoms with van der Waals surface area (Å²) in [6.07, 6.45) is -3.68. The molecule has 7 nitrogen and oxygen atoms in total. The number of quaternary nitrogens is 1. The first-order valence-electron chi connectivity index (χ1n) is 9.68. The maximum atomic E-state index is 13.1. The van der Waals surface area contributed by atoms with E-state index in [1.165, 1.54) is 18.2 Å². The van der Waals surface area contributed by atoms with Crippen LogP contribution in [-0.4, -0.2) is 50.7 Å². The SMILES string of the molecule is CC(=O)c1ccc(N2CC[NH+](CC(=O)Nc3ccc4c(c3)OC(F)(F)O4)CC2)cc1. The van der Waals surface area contributed by atoms with Crippen molar-refractivity contribution < 1.29 is 32.7 Å². The molecule has 2 aliphatic rings. The van der Waals surface area contributed by atoms with Crippen LogP contribution in [0.2, 0.25) is 0 Å². The van der Waals surface area contributed by atoms with Gasteiger partial charge in [0.25, 0.3) is 5.91 Å². The van der Waals surface area contributed by atoms with Gasteiger partial charge in [-0.2, -0.15) is 0 Å². The second-order valence-electron chi connectivity index (χ2n) is 7.39. The van der Waals surface area contributed by atoms with Gasteiger partial charge in [-0.1, -0.05) is 0 Å². The largest absolute Gasteiger partial charge is 0.586 e. The Bertz CT molecular complexity index is 957. The molecule has 158 valence electrons. The molecule has 2 aromatic rings. The summed E-state index contributed by atoms with van der Waals surface area (Å²) < 4.78 is 34.9. The van der Waals surface area contributed by atoms with Crippen molar-refractivity contribution in [2.45, 2.75) is 13.2 Å². The smallest absolute Gasteiger partial charge is 0.395 e. The molecule has 0 aromatic heterocycles. The molecule has 2 N–H and O–H groups in total. The first kappa shape index (κ1) is 20.1. The van der Waals surface area contributed by atoms with Crippen molar-refractivity contribution >= 4 is 23.1 Å². The maximum Gasteiger partial charge on any atom is 0.586 e. The normalized spacial score (nSPS) is 17.6. The van der Waals surface area contributed by atoms with Gasteiger partial charge in [0.1, 0.15) is 0 Å². The Labute approximate surface area is 172 Å². The van der Waals surface area contributed by atoms with Crippen LogP contribution >= 0.6 is 0 Å². The zero-order valence-electron chi connectivity index (χ0n) is 16.4. The molecule has 1 fully saturated rings. The summed E-state index contributed by atoms with van der Waals surface area (Å²) in [5.41, 5.74) is 2.12. The van der Waals surface area contributed by atoms with Crippen LogP contribution in [0.4, 0.5) is 20.2 Å². The number of rotatable bonds is 5. The molecule has 2 aliphatic heterocycles. The predicted octanol–water partition coefficient (Wildman–Crippen LogP) is 1.55. The lowest BCUT2D eigenvalue weighted by Crippen LogP contribution is -3.15. The highest BCUT2D eigenvalue weighted by Gasteiger charge is 2.43. The minimum atomic E-state index is -3.68. The van der Waals surface area contributed by atoms with E-state index in [9.17, 15) is 18.4 Å². The number of nitrogens with one attached hydrogen (secondary N) is 2. The number of nitrogens with zero attached hydrogens (tertiary/aromatic N) is 1. The third-order valence-corrected chi connectivity index (χ3v) is 5.21. The average molecular weight is 418 g/mol. The van der Waals surface area contributed by atoms with Crippen molar-refractivity contribution in [3.8, 4) is 11.5 Å². The van der Waals surface area contributed by atoms with E-state index in [0.717, 1.165) is 36.8 Å². The van der Waals surface area contributed by atoms with Crippen LogP contribution in [0.25, 0.3) is 0 Å². The van der Waals surface area contributed by atoms with E-state index < -0.39 is 6.29 Å². The molecule has 0 radical (unpaired) electrons. The molecule has 1 saturated heterocycles. The molecule has 2 aromatic carbocycles. The molecule has 4 rings (SSSR count). The summed E-state index contributed by atoms with van der Waals surface area (Å²) in [6.45, 7) is 4.98. The monoisotopic (exact) mass is 418 g/mol.